The molecule has 0 radical (unpaired) electrons. The van der Waals surface area contributed by atoms with Gasteiger partial charge in [-0.1, -0.05) is 24.6 Å². The molecule has 1 unspecified atom stereocenters. The first-order valence-corrected chi connectivity index (χ1v) is 6.81. The molecule has 1 atom stereocenters. The second-order valence-corrected chi connectivity index (χ2v) is 5.04. The van der Waals surface area contributed by atoms with Crippen LogP contribution in [0, 0.1) is 0 Å². The maximum absolute atomic E-state index is 11.9. The van der Waals surface area contributed by atoms with Gasteiger partial charge in [0.2, 0.25) is 5.91 Å². The van der Waals surface area contributed by atoms with E-state index < -0.39 is 5.97 Å². The molecule has 0 heterocycles. The van der Waals surface area contributed by atoms with Gasteiger partial charge in [0, 0.05) is 16.8 Å². The zero-order chi connectivity index (χ0) is 15.1. The van der Waals surface area contributed by atoms with Crippen LogP contribution in [0.2, 0.25) is 5.02 Å². The fourth-order valence-corrected chi connectivity index (χ4v) is 1.85. The maximum Gasteiger partial charge on any atom is 0.323 e. The Morgan fingerprint density at radius 2 is 2.10 bits per heavy atom. The number of halogens is 1. The van der Waals surface area contributed by atoms with Gasteiger partial charge in [-0.25, -0.2) is 0 Å². The number of benzene rings is 1. The van der Waals surface area contributed by atoms with Gasteiger partial charge in [0.25, 0.3) is 0 Å². The summed E-state index contributed by atoms with van der Waals surface area (Å²) >= 11 is 5.89. The maximum atomic E-state index is 11.9. The SMILES string of the molecule is CCC(C)NC(=O)CN(CC(=O)O)c1cccc(Cl)c1. The molecule has 0 aromatic heterocycles. The molecule has 1 amide bonds. The van der Waals surface area contributed by atoms with Crippen molar-refractivity contribution in [2.75, 3.05) is 18.0 Å². The van der Waals surface area contributed by atoms with Crippen LogP contribution in [0.1, 0.15) is 20.3 Å². The fourth-order valence-electron chi connectivity index (χ4n) is 1.67. The molecule has 0 bridgehead atoms. The Hall–Kier alpha value is -1.75. The molecule has 0 spiro atoms. The number of carbonyl (C=O) groups is 2. The number of carboxylic acids is 1. The van der Waals surface area contributed by atoms with Crippen molar-refractivity contribution in [1.29, 1.82) is 0 Å². The Morgan fingerprint density at radius 3 is 2.65 bits per heavy atom. The van der Waals surface area contributed by atoms with E-state index in [1.54, 1.807) is 24.3 Å². The Bertz CT molecular complexity index is 479. The first-order valence-electron chi connectivity index (χ1n) is 6.44. The van der Waals surface area contributed by atoms with Crippen molar-refractivity contribution in [3.8, 4) is 0 Å². The number of nitrogens with one attached hydrogen (secondary N) is 1. The largest absolute Gasteiger partial charge is 0.480 e. The summed E-state index contributed by atoms with van der Waals surface area (Å²) in [5.74, 6) is -1.21. The smallest absolute Gasteiger partial charge is 0.323 e. The van der Waals surface area contributed by atoms with E-state index in [9.17, 15) is 9.59 Å². The topological polar surface area (TPSA) is 69.6 Å². The summed E-state index contributed by atoms with van der Waals surface area (Å²) in [5, 5.41) is 12.3. The van der Waals surface area contributed by atoms with E-state index in [0.29, 0.717) is 10.7 Å². The highest BCUT2D eigenvalue weighted by Crippen LogP contribution is 2.19. The lowest BCUT2D eigenvalue weighted by molar-refractivity contribution is -0.135. The summed E-state index contributed by atoms with van der Waals surface area (Å²) in [6.45, 7) is 3.60. The van der Waals surface area contributed by atoms with Gasteiger partial charge in [0.05, 0.1) is 6.54 Å². The van der Waals surface area contributed by atoms with E-state index in [1.807, 2.05) is 13.8 Å². The molecule has 0 aliphatic heterocycles. The Kier molecular flexibility index (Phi) is 6.31. The summed E-state index contributed by atoms with van der Waals surface area (Å²) in [7, 11) is 0. The average molecular weight is 299 g/mol. The van der Waals surface area contributed by atoms with Crippen molar-refractivity contribution in [3.63, 3.8) is 0 Å². The summed E-state index contributed by atoms with van der Waals surface area (Å²) in [6.07, 6.45) is 0.821. The van der Waals surface area contributed by atoms with Gasteiger partial charge < -0.3 is 15.3 Å². The minimum absolute atomic E-state index is 0.0169. The van der Waals surface area contributed by atoms with E-state index in [1.165, 1.54) is 4.90 Å². The molecule has 0 aliphatic rings. The predicted molar refractivity (Wildman–Crippen MR) is 79.2 cm³/mol. The van der Waals surface area contributed by atoms with E-state index >= 15 is 0 Å². The Morgan fingerprint density at radius 1 is 1.40 bits per heavy atom. The first-order chi connectivity index (χ1) is 9.42. The zero-order valence-electron chi connectivity index (χ0n) is 11.6. The molecule has 0 saturated carbocycles. The third-order valence-corrected chi connectivity index (χ3v) is 3.09. The number of rotatable bonds is 7. The van der Waals surface area contributed by atoms with Crippen LogP contribution >= 0.6 is 11.6 Å². The molecular weight excluding hydrogens is 280 g/mol. The molecule has 0 aliphatic carbocycles. The number of hydrogen-bond acceptors (Lipinski definition) is 3. The molecule has 2 N–H and O–H groups in total. The van der Waals surface area contributed by atoms with Gasteiger partial charge in [0.1, 0.15) is 6.54 Å². The number of hydrogen-bond donors (Lipinski definition) is 2. The van der Waals surface area contributed by atoms with Gasteiger partial charge in [-0.05, 0) is 31.5 Å². The third kappa shape index (κ3) is 5.48. The molecule has 0 saturated heterocycles. The van der Waals surface area contributed by atoms with Gasteiger partial charge in [0.15, 0.2) is 0 Å². The zero-order valence-corrected chi connectivity index (χ0v) is 12.4. The minimum atomic E-state index is -0.999. The monoisotopic (exact) mass is 298 g/mol. The molecule has 1 aromatic rings. The molecular formula is C14H19ClN2O3. The molecule has 0 fully saturated rings. The molecule has 1 rings (SSSR count). The molecule has 6 heteroatoms. The van der Waals surface area contributed by atoms with E-state index in [2.05, 4.69) is 5.32 Å². The van der Waals surface area contributed by atoms with E-state index in [0.717, 1.165) is 6.42 Å². The fraction of sp³-hybridized carbons (Fsp3) is 0.429. The van der Waals surface area contributed by atoms with Crippen LogP contribution in [-0.2, 0) is 9.59 Å². The lowest BCUT2D eigenvalue weighted by Gasteiger charge is -2.23. The summed E-state index contributed by atoms with van der Waals surface area (Å²) in [4.78, 5) is 24.3. The number of carbonyl (C=O) groups excluding carboxylic acids is 1. The van der Waals surface area contributed by atoms with Crippen LogP contribution in [0.5, 0.6) is 0 Å². The van der Waals surface area contributed by atoms with E-state index in [-0.39, 0.29) is 25.0 Å². The van der Waals surface area contributed by atoms with Crippen LogP contribution < -0.4 is 10.2 Å². The van der Waals surface area contributed by atoms with Gasteiger partial charge in [-0.15, -0.1) is 0 Å². The summed E-state index contributed by atoms with van der Waals surface area (Å²) < 4.78 is 0. The van der Waals surface area contributed by atoms with Crippen LogP contribution in [0.25, 0.3) is 0 Å². The number of anilines is 1. The molecule has 1 aromatic carbocycles. The van der Waals surface area contributed by atoms with Gasteiger partial charge in [-0.2, -0.15) is 0 Å². The highest BCUT2D eigenvalue weighted by molar-refractivity contribution is 6.30. The predicted octanol–water partition coefficient (Wildman–Crippen LogP) is 2.15. The Balaban J connectivity index is 2.79. The second kappa shape index (κ2) is 7.75. The average Bonchev–Trinajstić information content (AvgIpc) is 2.37. The number of nitrogens with zero attached hydrogens (tertiary/aromatic N) is 1. The van der Waals surface area contributed by atoms with Crippen LogP contribution in [0.4, 0.5) is 5.69 Å². The normalized spacial score (nSPS) is 11.8. The second-order valence-electron chi connectivity index (χ2n) is 4.61. The number of amides is 1. The summed E-state index contributed by atoms with van der Waals surface area (Å²) in [5.41, 5.74) is 0.610. The number of carboxylic acid groups (broad SMARTS) is 1. The summed E-state index contributed by atoms with van der Waals surface area (Å²) in [6, 6.07) is 6.85. The van der Waals surface area contributed by atoms with Crippen molar-refractivity contribution >= 4 is 29.2 Å². The lowest BCUT2D eigenvalue weighted by Crippen LogP contribution is -2.42. The molecule has 110 valence electrons. The van der Waals surface area contributed by atoms with Crippen molar-refractivity contribution in [3.05, 3.63) is 29.3 Å². The first kappa shape index (κ1) is 16.3. The Labute approximate surface area is 123 Å². The highest BCUT2D eigenvalue weighted by Gasteiger charge is 2.16. The lowest BCUT2D eigenvalue weighted by atomic mass is 10.2. The van der Waals surface area contributed by atoms with Crippen LogP contribution in [0.15, 0.2) is 24.3 Å². The minimum Gasteiger partial charge on any atom is -0.480 e. The third-order valence-electron chi connectivity index (χ3n) is 2.85. The van der Waals surface area contributed by atoms with Gasteiger partial charge >= 0.3 is 5.97 Å². The highest BCUT2D eigenvalue weighted by atomic mass is 35.5. The van der Waals surface area contributed by atoms with Gasteiger partial charge in [-0.3, -0.25) is 9.59 Å². The number of aliphatic carboxylic acids is 1. The standard InChI is InChI=1S/C14H19ClN2O3/c1-3-10(2)16-13(18)8-17(9-14(19)20)12-6-4-5-11(15)7-12/h4-7,10H,3,8-9H2,1-2H3,(H,16,18)(H,19,20). The molecule has 5 nitrogen and oxygen atoms in total. The van der Waals surface area contributed by atoms with E-state index in [4.69, 9.17) is 16.7 Å². The van der Waals surface area contributed by atoms with Crippen molar-refractivity contribution < 1.29 is 14.7 Å². The quantitative estimate of drug-likeness (QED) is 0.809. The molecule has 20 heavy (non-hydrogen) atoms. The van der Waals surface area contributed by atoms with Crippen molar-refractivity contribution in [2.24, 2.45) is 0 Å². The van der Waals surface area contributed by atoms with Crippen LogP contribution in [-0.4, -0.2) is 36.1 Å². The van der Waals surface area contributed by atoms with Crippen molar-refractivity contribution in [2.45, 2.75) is 26.3 Å². The van der Waals surface area contributed by atoms with Crippen LogP contribution in [0.3, 0.4) is 0 Å². The van der Waals surface area contributed by atoms with Crippen molar-refractivity contribution in [1.82, 2.24) is 5.32 Å².